The fraction of sp³-hybridized carbons (Fsp3) is 0.733. The van der Waals surface area contributed by atoms with Gasteiger partial charge in [-0.1, -0.05) is 6.92 Å². The molecule has 1 fully saturated rings. The van der Waals surface area contributed by atoms with Crippen LogP contribution >= 0.6 is 0 Å². The van der Waals surface area contributed by atoms with Crippen molar-refractivity contribution in [3.05, 3.63) is 17.8 Å². The van der Waals surface area contributed by atoms with E-state index in [9.17, 15) is 0 Å². The molecule has 2 atom stereocenters. The van der Waals surface area contributed by atoms with Gasteiger partial charge in [0.1, 0.15) is 0 Å². The van der Waals surface area contributed by atoms with Gasteiger partial charge in [0, 0.05) is 19.1 Å². The van der Waals surface area contributed by atoms with E-state index in [4.69, 9.17) is 0 Å². The summed E-state index contributed by atoms with van der Waals surface area (Å²) in [6.45, 7) is 9.82. The lowest BCUT2D eigenvalue weighted by atomic mass is 9.91. The van der Waals surface area contributed by atoms with Gasteiger partial charge in [-0.25, -0.2) is 0 Å². The van der Waals surface area contributed by atoms with Crippen LogP contribution < -0.4 is 10.2 Å². The Morgan fingerprint density at radius 1 is 1.42 bits per heavy atom. The van der Waals surface area contributed by atoms with Crippen molar-refractivity contribution in [3.63, 3.8) is 0 Å². The standard InChI is InChI=1S/C15H26N4/c1-4-9-16-13(3)14-6-5-10-19(11-14)15-8-7-12(2)17-18-15/h7-8,13-14,16H,4-6,9-11H2,1-3H3. The molecule has 2 unspecified atom stereocenters. The van der Waals surface area contributed by atoms with Gasteiger partial charge in [0.2, 0.25) is 0 Å². The van der Waals surface area contributed by atoms with E-state index >= 15 is 0 Å². The minimum atomic E-state index is 0.584. The second-order valence-corrected chi connectivity index (χ2v) is 5.62. The summed E-state index contributed by atoms with van der Waals surface area (Å²) in [7, 11) is 0. The largest absolute Gasteiger partial charge is 0.355 e. The van der Waals surface area contributed by atoms with Gasteiger partial charge in [-0.2, -0.15) is 5.10 Å². The van der Waals surface area contributed by atoms with Crippen molar-refractivity contribution in [1.29, 1.82) is 0 Å². The maximum atomic E-state index is 4.31. The highest BCUT2D eigenvalue weighted by atomic mass is 15.3. The lowest BCUT2D eigenvalue weighted by Gasteiger charge is -2.36. The van der Waals surface area contributed by atoms with Crippen molar-refractivity contribution < 1.29 is 0 Å². The Balaban J connectivity index is 1.94. The van der Waals surface area contributed by atoms with E-state index in [1.165, 1.54) is 19.3 Å². The summed E-state index contributed by atoms with van der Waals surface area (Å²) < 4.78 is 0. The third kappa shape index (κ3) is 3.90. The number of nitrogens with zero attached hydrogens (tertiary/aromatic N) is 3. The molecule has 4 heteroatoms. The highest BCUT2D eigenvalue weighted by molar-refractivity contribution is 5.37. The Kier molecular flexibility index (Phi) is 5.14. The number of rotatable bonds is 5. The number of piperidine rings is 1. The first-order chi connectivity index (χ1) is 9.20. The van der Waals surface area contributed by atoms with Crippen LogP contribution in [0.2, 0.25) is 0 Å². The minimum absolute atomic E-state index is 0.584. The summed E-state index contributed by atoms with van der Waals surface area (Å²) in [5.41, 5.74) is 0.982. The van der Waals surface area contributed by atoms with E-state index < -0.39 is 0 Å². The van der Waals surface area contributed by atoms with E-state index in [-0.39, 0.29) is 0 Å². The van der Waals surface area contributed by atoms with E-state index in [0.29, 0.717) is 12.0 Å². The molecular formula is C15H26N4. The van der Waals surface area contributed by atoms with Crippen LogP contribution in [-0.2, 0) is 0 Å². The SMILES string of the molecule is CCCNC(C)C1CCCN(c2ccc(C)nn2)C1. The number of hydrogen-bond acceptors (Lipinski definition) is 4. The lowest BCUT2D eigenvalue weighted by Crippen LogP contribution is -2.45. The van der Waals surface area contributed by atoms with Gasteiger partial charge < -0.3 is 10.2 Å². The summed E-state index contributed by atoms with van der Waals surface area (Å²) in [5.74, 6) is 1.74. The number of hydrogen-bond donors (Lipinski definition) is 1. The topological polar surface area (TPSA) is 41.0 Å². The van der Waals surface area contributed by atoms with Crippen LogP contribution in [0.5, 0.6) is 0 Å². The molecule has 1 aliphatic rings. The molecule has 1 saturated heterocycles. The van der Waals surface area contributed by atoms with Gasteiger partial charge in [0.15, 0.2) is 5.82 Å². The molecule has 2 heterocycles. The van der Waals surface area contributed by atoms with Gasteiger partial charge in [0.25, 0.3) is 0 Å². The fourth-order valence-corrected chi connectivity index (χ4v) is 2.73. The second-order valence-electron chi connectivity index (χ2n) is 5.62. The van der Waals surface area contributed by atoms with E-state index in [0.717, 1.165) is 31.1 Å². The number of nitrogens with one attached hydrogen (secondary N) is 1. The number of aryl methyl sites for hydroxylation is 1. The van der Waals surface area contributed by atoms with E-state index in [2.05, 4.69) is 40.3 Å². The summed E-state index contributed by atoms with van der Waals surface area (Å²) in [6, 6.07) is 4.72. The smallest absolute Gasteiger partial charge is 0.151 e. The summed E-state index contributed by atoms with van der Waals surface area (Å²) in [4.78, 5) is 2.38. The Hall–Kier alpha value is -1.16. The molecule has 106 valence electrons. The van der Waals surface area contributed by atoms with Gasteiger partial charge in [-0.05, 0) is 57.7 Å². The molecule has 0 spiro atoms. The predicted octanol–water partition coefficient (Wildman–Crippen LogP) is 2.39. The molecule has 1 aromatic rings. The van der Waals surface area contributed by atoms with Crippen molar-refractivity contribution in [2.75, 3.05) is 24.5 Å². The quantitative estimate of drug-likeness (QED) is 0.884. The number of aromatic nitrogens is 2. The molecule has 0 aliphatic carbocycles. The van der Waals surface area contributed by atoms with Crippen LogP contribution in [0, 0.1) is 12.8 Å². The fourth-order valence-electron chi connectivity index (χ4n) is 2.73. The molecule has 2 rings (SSSR count). The van der Waals surface area contributed by atoms with Crippen molar-refractivity contribution >= 4 is 5.82 Å². The van der Waals surface area contributed by atoms with Crippen molar-refractivity contribution in [3.8, 4) is 0 Å². The molecule has 0 aromatic carbocycles. The normalized spacial score (nSPS) is 21.4. The number of anilines is 1. The third-order valence-corrected chi connectivity index (χ3v) is 3.99. The maximum Gasteiger partial charge on any atom is 0.151 e. The molecule has 1 aliphatic heterocycles. The van der Waals surface area contributed by atoms with E-state index in [1.54, 1.807) is 0 Å². The van der Waals surface area contributed by atoms with Crippen LogP contribution in [0.15, 0.2) is 12.1 Å². The summed E-state index contributed by atoms with van der Waals surface area (Å²) in [5, 5.41) is 12.1. The van der Waals surface area contributed by atoms with Crippen molar-refractivity contribution in [2.45, 2.75) is 46.1 Å². The Morgan fingerprint density at radius 3 is 2.95 bits per heavy atom. The monoisotopic (exact) mass is 262 g/mol. The van der Waals surface area contributed by atoms with Gasteiger partial charge in [-0.3, -0.25) is 0 Å². The maximum absolute atomic E-state index is 4.31. The van der Waals surface area contributed by atoms with Crippen LogP contribution in [0.3, 0.4) is 0 Å². The van der Waals surface area contributed by atoms with Crippen LogP contribution in [0.1, 0.15) is 38.8 Å². The molecule has 0 radical (unpaired) electrons. The van der Waals surface area contributed by atoms with Gasteiger partial charge in [-0.15, -0.1) is 5.10 Å². The Labute approximate surface area is 116 Å². The zero-order valence-electron chi connectivity index (χ0n) is 12.4. The Bertz CT molecular complexity index is 376. The van der Waals surface area contributed by atoms with Crippen molar-refractivity contribution in [1.82, 2.24) is 15.5 Å². The molecule has 0 saturated carbocycles. The average molecular weight is 262 g/mol. The Morgan fingerprint density at radius 2 is 2.26 bits per heavy atom. The average Bonchev–Trinajstić information content (AvgIpc) is 2.45. The van der Waals surface area contributed by atoms with Gasteiger partial charge >= 0.3 is 0 Å². The minimum Gasteiger partial charge on any atom is -0.355 e. The lowest BCUT2D eigenvalue weighted by molar-refractivity contribution is 0.319. The highest BCUT2D eigenvalue weighted by Gasteiger charge is 2.25. The summed E-state index contributed by atoms with van der Waals surface area (Å²) in [6.07, 6.45) is 3.76. The highest BCUT2D eigenvalue weighted by Crippen LogP contribution is 2.23. The predicted molar refractivity (Wildman–Crippen MR) is 79.5 cm³/mol. The second kappa shape index (κ2) is 6.85. The molecule has 19 heavy (non-hydrogen) atoms. The first-order valence-electron chi connectivity index (χ1n) is 7.49. The molecule has 1 N–H and O–H groups in total. The van der Waals surface area contributed by atoms with Crippen molar-refractivity contribution in [2.24, 2.45) is 5.92 Å². The first-order valence-corrected chi connectivity index (χ1v) is 7.49. The summed E-state index contributed by atoms with van der Waals surface area (Å²) >= 11 is 0. The molecule has 1 aromatic heterocycles. The molecule has 4 nitrogen and oxygen atoms in total. The molecule has 0 bridgehead atoms. The molecule has 0 amide bonds. The first kappa shape index (κ1) is 14.3. The van der Waals surface area contributed by atoms with Crippen LogP contribution in [0.4, 0.5) is 5.82 Å². The zero-order valence-corrected chi connectivity index (χ0v) is 12.4. The van der Waals surface area contributed by atoms with Crippen LogP contribution in [-0.4, -0.2) is 35.9 Å². The zero-order chi connectivity index (χ0) is 13.7. The van der Waals surface area contributed by atoms with E-state index in [1.807, 2.05) is 13.0 Å². The third-order valence-electron chi connectivity index (χ3n) is 3.99. The van der Waals surface area contributed by atoms with Gasteiger partial charge in [0.05, 0.1) is 5.69 Å². The molecular weight excluding hydrogens is 236 g/mol. The van der Waals surface area contributed by atoms with Crippen LogP contribution in [0.25, 0.3) is 0 Å².